The average Bonchev–Trinajstić information content (AvgIpc) is 2.44. The van der Waals surface area contributed by atoms with Crippen molar-refractivity contribution in [1.29, 1.82) is 0 Å². The lowest BCUT2D eigenvalue weighted by Crippen LogP contribution is -2.10. The monoisotopic (exact) mass is 287 g/mol. The third kappa shape index (κ3) is 4.25. The molecule has 106 valence electrons. The molecule has 4 heteroatoms. The van der Waals surface area contributed by atoms with Gasteiger partial charge in [-0.25, -0.2) is 0 Å². The van der Waals surface area contributed by atoms with Gasteiger partial charge in [0.05, 0.1) is 0 Å². The molecule has 0 fully saturated rings. The number of benzene rings is 1. The van der Waals surface area contributed by atoms with E-state index in [0.717, 1.165) is 24.3 Å². The summed E-state index contributed by atoms with van der Waals surface area (Å²) >= 11 is 1.65. The summed E-state index contributed by atoms with van der Waals surface area (Å²) in [5.74, 6) is 0.496. The van der Waals surface area contributed by atoms with Crippen molar-refractivity contribution in [3.63, 3.8) is 0 Å². The fourth-order valence-corrected chi connectivity index (χ4v) is 2.95. The molecule has 1 heterocycles. The molecule has 0 aliphatic rings. The van der Waals surface area contributed by atoms with Crippen molar-refractivity contribution in [2.75, 3.05) is 12.3 Å². The summed E-state index contributed by atoms with van der Waals surface area (Å²) < 4.78 is 3.39. The Bertz CT molecular complexity index is 541. The molecule has 0 spiro atoms. The Morgan fingerprint density at radius 1 is 1.25 bits per heavy atom. The fourth-order valence-electron chi connectivity index (χ4n) is 1.97. The van der Waals surface area contributed by atoms with Gasteiger partial charge in [0, 0.05) is 35.4 Å². The number of aromatic nitrogens is 1. The molecule has 0 aliphatic heterocycles. The summed E-state index contributed by atoms with van der Waals surface area (Å²) in [6, 6.07) is 12.1. The number of anilines is 1. The van der Waals surface area contributed by atoms with Gasteiger partial charge in [-0.1, -0.05) is 26.0 Å². The minimum absolute atomic E-state index is 0.496. The van der Waals surface area contributed by atoms with Gasteiger partial charge in [0.2, 0.25) is 0 Å². The zero-order valence-corrected chi connectivity index (χ0v) is 12.8. The average molecular weight is 287 g/mol. The first-order chi connectivity index (χ1) is 9.66. The second kappa shape index (κ2) is 7.31. The molecule has 1 aromatic heterocycles. The predicted molar refractivity (Wildman–Crippen MR) is 86.7 cm³/mol. The second-order valence-corrected chi connectivity index (χ2v) is 5.95. The van der Waals surface area contributed by atoms with Gasteiger partial charge < -0.3 is 5.73 Å². The van der Waals surface area contributed by atoms with Crippen molar-refractivity contribution in [2.24, 2.45) is 0 Å². The largest absolute Gasteiger partial charge is 0.399 e. The van der Waals surface area contributed by atoms with Gasteiger partial charge in [0.25, 0.3) is 0 Å². The number of hydrogen-bond donors (Lipinski definition) is 2. The van der Waals surface area contributed by atoms with Crippen LogP contribution in [-0.2, 0) is 6.42 Å². The maximum absolute atomic E-state index is 5.87. The zero-order chi connectivity index (χ0) is 14.4. The molecule has 0 radical (unpaired) electrons. The molecule has 2 aromatic rings. The highest BCUT2D eigenvalue weighted by molar-refractivity contribution is 7.97. The van der Waals surface area contributed by atoms with E-state index in [4.69, 9.17) is 5.73 Å². The molecular formula is C16H21N3S. The molecule has 0 amide bonds. The number of nitrogens with one attached hydrogen (secondary N) is 1. The Hall–Kier alpha value is -1.52. The molecular weight excluding hydrogens is 266 g/mol. The number of nitrogens with two attached hydrogens (primary N) is 1. The summed E-state index contributed by atoms with van der Waals surface area (Å²) in [5.41, 5.74) is 9.12. The summed E-state index contributed by atoms with van der Waals surface area (Å²) in [7, 11) is 0. The molecule has 2 rings (SSSR count). The smallest absolute Gasteiger partial charge is 0.0416 e. The molecule has 3 nitrogen and oxygen atoms in total. The van der Waals surface area contributed by atoms with Gasteiger partial charge >= 0.3 is 0 Å². The maximum Gasteiger partial charge on any atom is 0.0416 e. The summed E-state index contributed by atoms with van der Waals surface area (Å²) in [5, 5.41) is 0. The highest BCUT2D eigenvalue weighted by atomic mass is 32.2. The first-order valence-corrected chi connectivity index (χ1v) is 7.67. The third-order valence-corrected chi connectivity index (χ3v) is 3.97. The highest BCUT2D eigenvalue weighted by Gasteiger charge is 2.07. The van der Waals surface area contributed by atoms with Crippen LogP contribution in [0, 0.1) is 0 Å². The predicted octanol–water partition coefficient (Wildman–Crippen LogP) is 3.63. The van der Waals surface area contributed by atoms with Crippen molar-refractivity contribution < 1.29 is 0 Å². The van der Waals surface area contributed by atoms with E-state index < -0.39 is 0 Å². The molecule has 0 saturated carbocycles. The van der Waals surface area contributed by atoms with E-state index in [1.807, 2.05) is 36.5 Å². The highest BCUT2D eigenvalue weighted by Crippen LogP contribution is 2.28. The Labute approximate surface area is 125 Å². The topological polar surface area (TPSA) is 50.9 Å². The van der Waals surface area contributed by atoms with E-state index in [2.05, 4.69) is 29.6 Å². The van der Waals surface area contributed by atoms with Crippen molar-refractivity contribution in [3.05, 3.63) is 53.9 Å². The molecule has 3 N–H and O–H groups in total. The fraction of sp³-hybridized carbons (Fsp3) is 0.312. The van der Waals surface area contributed by atoms with Crippen molar-refractivity contribution in [3.8, 4) is 0 Å². The Balaban J connectivity index is 1.89. The molecule has 0 unspecified atom stereocenters. The SMILES string of the molecule is CC(C)c1ccc(N)cc1SNCCc1ccccn1. The van der Waals surface area contributed by atoms with Crippen LogP contribution in [0.15, 0.2) is 47.5 Å². The molecule has 0 bridgehead atoms. The van der Waals surface area contributed by atoms with Gasteiger partial charge in [-0.15, -0.1) is 0 Å². The summed E-state index contributed by atoms with van der Waals surface area (Å²) in [6.07, 6.45) is 2.75. The maximum atomic E-state index is 5.87. The van der Waals surface area contributed by atoms with Crippen molar-refractivity contribution in [2.45, 2.75) is 31.1 Å². The number of hydrogen-bond acceptors (Lipinski definition) is 4. The lowest BCUT2D eigenvalue weighted by atomic mass is 10.0. The quantitative estimate of drug-likeness (QED) is 0.484. The van der Waals surface area contributed by atoms with Gasteiger partial charge in [-0.05, 0) is 47.7 Å². The van der Waals surface area contributed by atoms with Crippen LogP contribution in [-0.4, -0.2) is 11.5 Å². The Kier molecular flexibility index (Phi) is 5.44. The van der Waals surface area contributed by atoms with E-state index in [9.17, 15) is 0 Å². The lowest BCUT2D eigenvalue weighted by molar-refractivity contribution is 0.837. The van der Waals surface area contributed by atoms with Crippen LogP contribution < -0.4 is 10.5 Å². The van der Waals surface area contributed by atoms with E-state index in [1.165, 1.54) is 10.5 Å². The molecule has 0 atom stereocenters. The minimum Gasteiger partial charge on any atom is -0.399 e. The van der Waals surface area contributed by atoms with Crippen LogP contribution >= 0.6 is 11.9 Å². The second-order valence-electron chi connectivity index (χ2n) is 5.02. The summed E-state index contributed by atoms with van der Waals surface area (Å²) in [4.78, 5) is 5.52. The number of nitrogen functional groups attached to an aromatic ring is 1. The van der Waals surface area contributed by atoms with Crippen molar-refractivity contribution >= 4 is 17.6 Å². The zero-order valence-electron chi connectivity index (χ0n) is 12.0. The lowest BCUT2D eigenvalue weighted by Gasteiger charge is -2.13. The van der Waals surface area contributed by atoms with E-state index >= 15 is 0 Å². The normalized spacial score (nSPS) is 10.9. The molecule has 1 aromatic carbocycles. The third-order valence-electron chi connectivity index (χ3n) is 3.05. The first-order valence-electron chi connectivity index (χ1n) is 6.86. The number of nitrogens with zero attached hydrogens (tertiary/aromatic N) is 1. The van der Waals surface area contributed by atoms with Gasteiger partial charge in [0.15, 0.2) is 0 Å². The van der Waals surface area contributed by atoms with Crippen molar-refractivity contribution in [1.82, 2.24) is 9.71 Å². The van der Waals surface area contributed by atoms with E-state index in [-0.39, 0.29) is 0 Å². The van der Waals surface area contributed by atoms with Crippen LogP contribution in [0.4, 0.5) is 5.69 Å². The van der Waals surface area contributed by atoms with Crippen LogP contribution in [0.5, 0.6) is 0 Å². The van der Waals surface area contributed by atoms with Gasteiger partial charge in [0.1, 0.15) is 0 Å². The molecule has 0 aliphatic carbocycles. The van der Waals surface area contributed by atoms with Crippen LogP contribution in [0.1, 0.15) is 31.0 Å². The number of rotatable bonds is 6. The Morgan fingerprint density at radius 3 is 2.80 bits per heavy atom. The van der Waals surface area contributed by atoms with Crippen LogP contribution in [0.25, 0.3) is 0 Å². The number of pyridine rings is 1. The van der Waals surface area contributed by atoms with E-state index in [1.54, 1.807) is 11.9 Å². The summed E-state index contributed by atoms with van der Waals surface area (Å²) in [6.45, 7) is 5.28. The minimum atomic E-state index is 0.496. The van der Waals surface area contributed by atoms with Gasteiger partial charge in [-0.2, -0.15) is 0 Å². The molecule has 20 heavy (non-hydrogen) atoms. The van der Waals surface area contributed by atoms with E-state index in [0.29, 0.717) is 5.92 Å². The standard InChI is InChI=1S/C16H21N3S/c1-12(2)15-7-6-13(17)11-16(15)20-19-10-8-14-5-3-4-9-18-14/h3-7,9,11-12,19H,8,10,17H2,1-2H3. The first kappa shape index (κ1) is 14.9. The van der Waals surface area contributed by atoms with Crippen LogP contribution in [0.3, 0.4) is 0 Å². The Morgan fingerprint density at radius 2 is 2.10 bits per heavy atom. The van der Waals surface area contributed by atoms with Crippen LogP contribution in [0.2, 0.25) is 0 Å². The van der Waals surface area contributed by atoms with Gasteiger partial charge in [-0.3, -0.25) is 9.71 Å². The molecule has 0 saturated heterocycles.